The molecule has 94 valence electrons. The molecule has 1 aromatic rings. The Balaban J connectivity index is 2.34. The second-order valence-electron chi connectivity index (χ2n) is 5.54. The second kappa shape index (κ2) is 5.22. The highest BCUT2D eigenvalue weighted by atomic mass is 15.2. The summed E-state index contributed by atoms with van der Waals surface area (Å²) in [5.41, 5.74) is 4.65. The van der Waals surface area contributed by atoms with Crippen LogP contribution in [0.25, 0.3) is 0 Å². The molecule has 1 aliphatic rings. The number of benzene rings is 1. The smallest absolute Gasteiger partial charge is 0.0377 e. The van der Waals surface area contributed by atoms with Crippen LogP contribution < -0.4 is 0 Å². The van der Waals surface area contributed by atoms with E-state index in [1.807, 2.05) is 0 Å². The molecule has 1 nitrogen and oxygen atoms in total. The lowest BCUT2D eigenvalue weighted by molar-refractivity contribution is 0.181. The SMILES string of the molecule is CCCc1ccc2c(c1)C(C(C)C)N(CC)C2. The Hall–Kier alpha value is -0.820. The van der Waals surface area contributed by atoms with Crippen LogP contribution in [0.15, 0.2) is 18.2 Å². The quantitative estimate of drug-likeness (QED) is 0.751. The van der Waals surface area contributed by atoms with Gasteiger partial charge in [-0.05, 0) is 35.6 Å². The molecule has 2 rings (SSSR count). The maximum Gasteiger partial charge on any atom is 0.0377 e. The summed E-state index contributed by atoms with van der Waals surface area (Å²) in [6.07, 6.45) is 2.45. The van der Waals surface area contributed by atoms with Crippen molar-refractivity contribution in [2.75, 3.05) is 6.54 Å². The molecule has 1 heterocycles. The fraction of sp³-hybridized carbons (Fsp3) is 0.625. The average molecular weight is 231 g/mol. The number of hydrogen-bond donors (Lipinski definition) is 0. The van der Waals surface area contributed by atoms with Gasteiger partial charge < -0.3 is 0 Å². The molecule has 1 atom stereocenters. The van der Waals surface area contributed by atoms with Crippen LogP contribution in [0.5, 0.6) is 0 Å². The third-order valence-corrected chi connectivity index (χ3v) is 3.87. The zero-order valence-corrected chi connectivity index (χ0v) is 11.7. The Bertz CT molecular complexity index is 381. The van der Waals surface area contributed by atoms with Gasteiger partial charge >= 0.3 is 0 Å². The minimum atomic E-state index is 0.631. The van der Waals surface area contributed by atoms with Gasteiger partial charge in [0, 0.05) is 12.6 Å². The van der Waals surface area contributed by atoms with E-state index < -0.39 is 0 Å². The monoisotopic (exact) mass is 231 g/mol. The molecule has 0 bridgehead atoms. The lowest BCUT2D eigenvalue weighted by Crippen LogP contribution is -2.25. The molecule has 1 aromatic carbocycles. The fourth-order valence-electron chi connectivity index (χ4n) is 3.11. The Morgan fingerprint density at radius 1 is 1.29 bits per heavy atom. The Morgan fingerprint density at radius 2 is 2.06 bits per heavy atom. The molecular formula is C16H25N. The van der Waals surface area contributed by atoms with E-state index in [4.69, 9.17) is 0 Å². The van der Waals surface area contributed by atoms with Gasteiger partial charge in [0.25, 0.3) is 0 Å². The summed E-state index contributed by atoms with van der Waals surface area (Å²) in [5.74, 6) is 0.702. The fourth-order valence-corrected chi connectivity index (χ4v) is 3.11. The first-order valence-corrected chi connectivity index (χ1v) is 7.03. The van der Waals surface area contributed by atoms with E-state index in [1.54, 1.807) is 11.1 Å². The topological polar surface area (TPSA) is 3.24 Å². The van der Waals surface area contributed by atoms with Gasteiger partial charge in [-0.15, -0.1) is 0 Å². The molecule has 0 radical (unpaired) electrons. The van der Waals surface area contributed by atoms with Gasteiger partial charge in [0.2, 0.25) is 0 Å². The van der Waals surface area contributed by atoms with E-state index in [0.29, 0.717) is 12.0 Å². The van der Waals surface area contributed by atoms with Crippen molar-refractivity contribution in [3.63, 3.8) is 0 Å². The molecule has 0 N–H and O–H groups in total. The van der Waals surface area contributed by atoms with Crippen molar-refractivity contribution in [2.45, 2.75) is 53.1 Å². The number of aryl methyl sites for hydroxylation is 1. The lowest BCUT2D eigenvalue weighted by atomic mass is 9.93. The molecule has 17 heavy (non-hydrogen) atoms. The molecule has 1 heteroatoms. The van der Waals surface area contributed by atoms with Crippen LogP contribution in [0, 0.1) is 5.92 Å². The van der Waals surface area contributed by atoms with Crippen LogP contribution in [0.1, 0.15) is 56.8 Å². The zero-order valence-electron chi connectivity index (χ0n) is 11.7. The van der Waals surface area contributed by atoms with Gasteiger partial charge in [0.15, 0.2) is 0 Å². The van der Waals surface area contributed by atoms with Crippen molar-refractivity contribution < 1.29 is 0 Å². The maximum absolute atomic E-state index is 2.60. The zero-order chi connectivity index (χ0) is 12.4. The van der Waals surface area contributed by atoms with E-state index in [-0.39, 0.29) is 0 Å². The molecule has 0 aliphatic carbocycles. The Morgan fingerprint density at radius 3 is 2.65 bits per heavy atom. The molecule has 0 saturated heterocycles. The van der Waals surface area contributed by atoms with Crippen LogP contribution in [-0.4, -0.2) is 11.4 Å². The van der Waals surface area contributed by atoms with Gasteiger partial charge in [-0.3, -0.25) is 4.90 Å². The molecule has 1 aliphatic heterocycles. The minimum Gasteiger partial charge on any atom is -0.292 e. The van der Waals surface area contributed by atoms with E-state index in [1.165, 1.54) is 18.4 Å². The summed E-state index contributed by atoms with van der Waals surface area (Å²) in [7, 11) is 0. The van der Waals surface area contributed by atoms with E-state index >= 15 is 0 Å². The third kappa shape index (κ3) is 2.40. The largest absolute Gasteiger partial charge is 0.292 e. The van der Waals surface area contributed by atoms with E-state index in [2.05, 4.69) is 50.8 Å². The van der Waals surface area contributed by atoms with Crippen LogP contribution in [0.4, 0.5) is 0 Å². The molecule has 0 saturated carbocycles. The summed E-state index contributed by atoms with van der Waals surface area (Å²) in [5, 5.41) is 0. The average Bonchev–Trinajstić information content (AvgIpc) is 2.67. The first-order chi connectivity index (χ1) is 8.17. The van der Waals surface area contributed by atoms with Crippen molar-refractivity contribution in [2.24, 2.45) is 5.92 Å². The highest BCUT2D eigenvalue weighted by molar-refractivity contribution is 5.38. The lowest BCUT2D eigenvalue weighted by Gasteiger charge is -2.27. The highest BCUT2D eigenvalue weighted by Crippen LogP contribution is 2.38. The number of fused-ring (bicyclic) bond motifs is 1. The predicted molar refractivity (Wildman–Crippen MR) is 74.1 cm³/mol. The van der Waals surface area contributed by atoms with Crippen LogP contribution in [0.2, 0.25) is 0 Å². The minimum absolute atomic E-state index is 0.631. The second-order valence-corrected chi connectivity index (χ2v) is 5.54. The summed E-state index contributed by atoms with van der Waals surface area (Å²) in [6, 6.07) is 7.76. The van der Waals surface area contributed by atoms with Gasteiger partial charge in [0.1, 0.15) is 0 Å². The van der Waals surface area contributed by atoms with Crippen molar-refractivity contribution in [1.82, 2.24) is 4.90 Å². The molecule has 1 unspecified atom stereocenters. The van der Waals surface area contributed by atoms with Gasteiger partial charge in [-0.25, -0.2) is 0 Å². The summed E-state index contributed by atoms with van der Waals surface area (Å²) < 4.78 is 0. The normalized spacial score (nSPS) is 19.9. The number of rotatable bonds is 4. The predicted octanol–water partition coefficient (Wildman–Crippen LogP) is 4.17. The Kier molecular flexibility index (Phi) is 3.88. The molecule has 0 amide bonds. The van der Waals surface area contributed by atoms with Crippen LogP contribution in [0.3, 0.4) is 0 Å². The first-order valence-electron chi connectivity index (χ1n) is 7.03. The van der Waals surface area contributed by atoms with Gasteiger partial charge in [0.05, 0.1) is 0 Å². The Labute approximate surface area is 106 Å². The van der Waals surface area contributed by atoms with Gasteiger partial charge in [-0.1, -0.05) is 52.3 Å². The number of hydrogen-bond acceptors (Lipinski definition) is 1. The first kappa shape index (κ1) is 12.6. The molecular weight excluding hydrogens is 206 g/mol. The maximum atomic E-state index is 2.60. The van der Waals surface area contributed by atoms with Crippen molar-refractivity contribution in [3.8, 4) is 0 Å². The van der Waals surface area contributed by atoms with Crippen LogP contribution >= 0.6 is 0 Å². The molecule has 0 spiro atoms. The molecule has 0 aromatic heterocycles. The van der Waals surface area contributed by atoms with Crippen molar-refractivity contribution in [3.05, 3.63) is 34.9 Å². The van der Waals surface area contributed by atoms with Crippen molar-refractivity contribution in [1.29, 1.82) is 0 Å². The third-order valence-electron chi connectivity index (χ3n) is 3.87. The van der Waals surface area contributed by atoms with Crippen molar-refractivity contribution >= 4 is 0 Å². The van der Waals surface area contributed by atoms with E-state index in [9.17, 15) is 0 Å². The standard InChI is InChI=1S/C16H25N/c1-5-7-13-8-9-14-11-17(6-2)16(12(3)4)15(14)10-13/h8-10,12,16H,5-7,11H2,1-4H3. The van der Waals surface area contributed by atoms with Crippen LogP contribution in [-0.2, 0) is 13.0 Å². The highest BCUT2D eigenvalue weighted by Gasteiger charge is 2.31. The van der Waals surface area contributed by atoms with E-state index in [0.717, 1.165) is 13.1 Å². The summed E-state index contributed by atoms with van der Waals surface area (Å²) >= 11 is 0. The number of nitrogens with zero attached hydrogens (tertiary/aromatic N) is 1. The summed E-state index contributed by atoms with van der Waals surface area (Å²) in [4.78, 5) is 2.60. The van der Waals surface area contributed by atoms with Gasteiger partial charge in [-0.2, -0.15) is 0 Å². The molecule has 0 fully saturated rings. The summed E-state index contributed by atoms with van der Waals surface area (Å²) in [6.45, 7) is 11.5.